The Labute approximate surface area is 75.9 Å². The van der Waals surface area contributed by atoms with E-state index in [4.69, 9.17) is 0 Å². The van der Waals surface area contributed by atoms with Crippen molar-refractivity contribution in [2.24, 2.45) is 17.8 Å². The molecule has 3 atom stereocenters. The van der Waals surface area contributed by atoms with Crippen LogP contribution < -0.4 is 5.32 Å². The predicted molar refractivity (Wildman–Crippen MR) is 52.1 cm³/mol. The Balaban J connectivity index is 1.69. The molecule has 1 heteroatoms. The number of hydrogen-bond acceptors (Lipinski definition) is 1. The Morgan fingerprint density at radius 1 is 1.25 bits per heavy atom. The van der Waals surface area contributed by atoms with Gasteiger partial charge in [0.2, 0.25) is 0 Å². The van der Waals surface area contributed by atoms with Gasteiger partial charge in [-0.05, 0) is 56.5 Å². The lowest BCUT2D eigenvalue weighted by Crippen LogP contribution is -2.20. The quantitative estimate of drug-likeness (QED) is 0.634. The zero-order valence-electron chi connectivity index (χ0n) is 8.18. The van der Waals surface area contributed by atoms with Crippen molar-refractivity contribution >= 4 is 0 Å². The summed E-state index contributed by atoms with van der Waals surface area (Å²) < 4.78 is 0. The Kier molecular flexibility index (Phi) is 2.69. The highest BCUT2D eigenvalue weighted by Crippen LogP contribution is 2.49. The highest BCUT2D eigenvalue weighted by atomic mass is 14.8. The van der Waals surface area contributed by atoms with Gasteiger partial charge in [0.25, 0.3) is 0 Å². The van der Waals surface area contributed by atoms with E-state index in [1.165, 1.54) is 13.0 Å². The number of rotatable bonds is 4. The van der Waals surface area contributed by atoms with Crippen LogP contribution in [0.25, 0.3) is 0 Å². The highest BCUT2D eigenvalue weighted by molar-refractivity contribution is 4.89. The van der Waals surface area contributed by atoms with E-state index in [1.807, 2.05) is 0 Å². The fraction of sp³-hybridized carbons (Fsp3) is 1.00. The third-order valence-corrected chi connectivity index (χ3v) is 3.83. The fourth-order valence-electron chi connectivity index (χ4n) is 3.19. The first-order valence-electron chi connectivity index (χ1n) is 5.61. The van der Waals surface area contributed by atoms with Gasteiger partial charge in [0, 0.05) is 0 Å². The van der Waals surface area contributed by atoms with Gasteiger partial charge in [0.15, 0.2) is 0 Å². The molecule has 0 amide bonds. The SMILES string of the molecule is CCNCCC1CC2CCC1C2. The van der Waals surface area contributed by atoms with E-state index in [-0.39, 0.29) is 0 Å². The molecule has 2 aliphatic carbocycles. The molecule has 2 rings (SSSR count). The van der Waals surface area contributed by atoms with Crippen molar-refractivity contribution in [3.05, 3.63) is 0 Å². The number of hydrogen-bond donors (Lipinski definition) is 1. The van der Waals surface area contributed by atoms with E-state index in [9.17, 15) is 0 Å². The van der Waals surface area contributed by atoms with Crippen LogP contribution in [-0.2, 0) is 0 Å². The van der Waals surface area contributed by atoms with Gasteiger partial charge in [-0.1, -0.05) is 13.3 Å². The lowest BCUT2D eigenvalue weighted by atomic mass is 9.86. The van der Waals surface area contributed by atoms with Crippen LogP contribution in [-0.4, -0.2) is 13.1 Å². The van der Waals surface area contributed by atoms with E-state index in [0.717, 1.165) is 24.3 Å². The van der Waals surface area contributed by atoms with Gasteiger partial charge in [-0.15, -0.1) is 0 Å². The van der Waals surface area contributed by atoms with Crippen LogP contribution in [0.15, 0.2) is 0 Å². The molecule has 2 saturated carbocycles. The molecule has 1 nitrogen and oxygen atoms in total. The van der Waals surface area contributed by atoms with Crippen molar-refractivity contribution in [1.82, 2.24) is 5.32 Å². The average molecular weight is 167 g/mol. The maximum Gasteiger partial charge on any atom is -0.00463 e. The molecular weight excluding hydrogens is 146 g/mol. The molecule has 2 bridgehead atoms. The van der Waals surface area contributed by atoms with Crippen LogP contribution in [0.3, 0.4) is 0 Å². The minimum atomic E-state index is 1.09. The Hall–Kier alpha value is -0.0400. The van der Waals surface area contributed by atoms with Crippen molar-refractivity contribution in [3.8, 4) is 0 Å². The molecule has 0 aromatic heterocycles. The lowest BCUT2D eigenvalue weighted by molar-refractivity contribution is 0.311. The topological polar surface area (TPSA) is 12.0 Å². The second-order valence-electron chi connectivity index (χ2n) is 4.58. The minimum absolute atomic E-state index is 1.09. The molecule has 0 aliphatic heterocycles. The summed E-state index contributed by atoms with van der Waals surface area (Å²) in [4.78, 5) is 0. The van der Waals surface area contributed by atoms with Crippen LogP contribution in [0, 0.1) is 17.8 Å². The van der Waals surface area contributed by atoms with E-state index < -0.39 is 0 Å². The molecule has 0 aromatic carbocycles. The molecule has 2 fully saturated rings. The maximum absolute atomic E-state index is 3.43. The predicted octanol–water partition coefficient (Wildman–Crippen LogP) is 2.42. The van der Waals surface area contributed by atoms with E-state index in [0.29, 0.717) is 0 Å². The van der Waals surface area contributed by atoms with E-state index in [2.05, 4.69) is 12.2 Å². The van der Waals surface area contributed by atoms with Gasteiger partial charge in [0.1, 0.15) is 0 Å². The first-order valence-corrected chi connectivity index (χ1v) is 5.61. The van der Waals surface area contributed by atoms with E-state index in [1.54, 1.807) is 25.7 Å². The summed E-state index contributed by atoms with van der Waals surface area (Å²) in [6.07, 6.45) is 7.64. The average Bonchev–Trinajstić information content (AvgIpc) is 2.65. The molecule has 0 spiro atoms. The summed E-state index contributed by atoms with van der Waals surface area (Å²) in [5.74, 6) is 3.33. The van der Waals surface area contributed by atoms with Crippen molar-refractivity contribution in [2.45, 2.75) is 39.0 Å². The fourth-order valence-corrected chi connectivity index (χ4v) is 3.19. The Bertz CT molecular complexity index is 144. The molecule has 1 N–H and O–H groups in total. The van der Waals surface area contributed by atoms with Crippen molar-refractivity contribution in [2.75, 3.05) is 13.1 Å². The summed E-state index contributed by atoms with van der Waals surface area (Å²) in [6.45, 7) is 4.59. The summed E-state index contributed by atoms with van der Waals surface area (Å²) in [5, 5.41) is 3.43. The lowest BCUT2D eigenvalue weighted by Gasteiger charge is -2.21. The van der Waals surface area contributed by atoms with Crippen LogP contribution in [0.1, 0.15) is 39.0 Å². The molecule has 0 aromatic rings. The van der Waals surface area contributed by atoms with Crippen molar-refractivity contribution in [3.63, 3.8) is 0 Å². The molecule has 12 heavy (non-hydrogen) atoms. The van der Waals surface area contributed by atoms with Gasteiger partial charge in [0.05, 0.1) is 0 Å². The van der Waals surface area contributed by atoms with Gasteiger partial charge >= 0.3 is 0 Å². The molecule has 2 aliphatic rings. The Morgan fingerprint density at radius 3 is 2.75 bits per heavy atom. The van der Waals surface area contributed by atoms with Gasteiger partial charge in [-0.25, -0.2) is 0 Å². The summed E-state index contributed by atoms with van der Waals surface area (Å²) in [6, 6.07) is 0. The summed E-state index contributed by atoms with van der Waals surface area (Å²) >= 11 is 0. The molecular formula is C11H21N. The smallest absolute Gasteiger partial charge is 0.00463 e. The van der Waals surface area contributed by atoms with Gasteiger partial charge < -0.3 is 5.32 Å². The normalized spacial score (nSPS) is 39.2. The maximum atomic E-state index is 3.43. The molecule has 70 valence electrons. The summed E-state index contributed by atoms with van der Waals surface area (Å²) in [7, 11) is 0. The largest absolute Gasteiger partial charge is 0.317 e. The molecule has 0 radical (unpaired) electrons. The second kappa shape index (κ2) is 3.78. The van der Waals surface area contributed by atoms with Crippen molar-refractivity contribution < 1.29 is 0 Å². The zero-order chi connectivity index (χ0) is 8.39. The van der Waals surface area contributed by atoms with Gasteiger partial charge in [-0.3, -0.25) is 0 Å². The minimum Gasteiger partial charge on any atom is -0.317 e. The third-order valence-electron chi connectivity index (χ3n) is 3.83. The van der Waals surface area contributed by atoms with Crippen LogP contribution >= 0.6 is 0 Å². The molecule has 3 unspecified atom stereocenters. The molecule has 0 heterocycles. The van der Waals surface area contributed by atoms with Crippen LogP contribution in [0.4, 0.5) is 0 Å². The standard InChI is InChI=1S/C11H21N/c1-2-12-6-5-11-8-9-3-4-10(11)7-9/h9-12H,2-8H2,1H3. The van der Waals surface area contributed by atoms with Crippen LogP contribution in [0.2, 0.25) is 0 Å². The summed E-state index contributed by atoms with van der Waals surface area (Å²) in [5.41, 5.74) is 0. The van der Waals surface area contributed by atoms with E-state index >= 15 is 0 Å². The second-order valence-corrected chi connectivity index (χ2v) is 4.58. The Morgan fingerprint density at radius 2 is 2.17 bits per heavy atom. The van der Waals surface area contributed by atoms with Gasteiger partial charge in [-0.2, -0.15) is 0 Å². The zero-order valence-corrected chi connectivity index (χ0v) is 8.18. The molecule has 0 saturated heterocycles. The highest BCUT2D eigenvalue weighted by Gasteiger charge is 2.38. The number of nitrogens with one attached hydrogen (secondary N) is 1. The monoisotopic (exact) mass is 167 g/mol. The number of fused-ring (bicyclic) bond motifs is 2. The first-order chi connectivity index (χ1) is 5.90. The van der Waals surface area contributed by atoms with Crippen molar-refractivity contribution in [1.29, 1.82) is 0 Å². The third kappa shape index (κ3) is 1.66. The first kappa shape index (κ1) is 8.55. The van der Waals surface area contributed by atoms with Crippen LogP contribution in [0.5, 0.6) is 0 Å².